The van der Waals surface area contributed by atoms with Crippen molar-refractivity contribution in [3.05, 3.63) is 67.5 Å². The largest absolute Gasteiger partial charge is 2.00 e. The predicted molar refractivity (Wildman–Crippen MR) is 66.5 cm³/mol. The maximum atomic E-state index is 9.87. The number of hydrogen-bond acceptors (Lipinski definition) is 0. The monoisotopic (exact) mass is 378 g/mol. The Morgan fingerprint density at radius 2 is 0.900 bits per heavy atom. The molecule has 0 amide bonds. The summed E-state index contributed by atoms with van der Waals surface area (Å²) in [6.07, 6.45) is 10.0. The summed E-state index contributed by atoms with van der Waals surface area (Å²) in [4.78, 5) is 0. The Kier molecular flexibility index (Phi) is 8.80. The third kappa shape index (κ3) is 30.8. The van der Waals surface area contributed by atoms with Gasteiger partial charge in [-0.25, -0.2) is 0 Å². The Morgan fingerprint density at radius 3 is 1.05 bits per heavy atom. The molecule has 1 aliphatic carbocycles. The van der Waals surface area contributed by atoms with E-state index in [1.165, 1.54) is 0 Å². The van der Waals surface area contributed by atoms with Crippen LogP contribution < -0.4 is 0 Å². The molecule has 0 aliphatic heterocycles. The summed E-state index contributed by atoms with van der Waals surface area (Å²) in [6, 6.07) is 9.44. The minimum Gasteiger partial charge on any atom is -0.0312 e. The molecule has 0 aromatic heterocycles. The summed E-state index contributed by atoms with van der Waals surface area (Å²) >= 11 is 5.54. The third-order valence-corrected chi connectivity index (χ3v) is 1.54. The van der Waals surface area contributed by atoms with Crippen LogP contribution in [0.25, 0.3) is 0 Å². The van der Waals surface area contributed by atoms with Crippen molar-refractivity contribution in [2.24, 2.45) is 0 Å². The van der Waals surface area contributed by atoms with Crippen LogP contribution in [0.2, 0.25) is 5.02 Å². The SMILES string of the molecule is Clc1ccccc1.F[P-](F)(F)(F)(F)F.[CH]1[CH][CH][CH][CH]1.[Fe+2]. The molecule has 5 radical (unpaired) electrons. The van der Waals surface area contributed by atoms with E-state index in [1.807, 2.05) is 62.4 Å². The van der Waals surface area contributed by atoms with Crippen molar-refractivity contribution in [3.63, 3.8) is 0 Å². The molecule has 115 valence electrons. The first-order chi connectivity index (χ1) is 8.34. The number of benzene rings is 1. The first-order valence-corrected chi connectivity index (χ1v) is 7.19. The first-order valence-electron chi connectivity index (χ1n) is 4.78. The third-order valence-electron chi connectivity index (χ3n) is 1.29. The second-order valence-corrected chi connectivity index (χ2v) is 5.57. The van der Waals surface area contributed by atoms with Gasteiger partial charge in [-0.05, 0) is 44.2 Å². The molecule has 0 bridgehead atoms. The van der Waals surface area contributed by atoms with Crippen molar-refractivity contribution in [2.45, 2.75) is 0 Å². The average molecular weight is 378 g/mol. The average Bonchev–Trinajstić information content (AvgIpc) is 2.71. The van der Waals surface area contributed by atoms with E-state index in [9.17, 15) is 25.2 Å². The van der Waals surface area contributed by atoms with Crippen molar-refractivity contribution in [1.82, 2.24) is 0 Å². The van der Waals surface area contributed by atoms with Crippen molar-refractivity contribution >= 4 is 19.4 Å². The number of rotatable bonds is 0. The van der Waals surface area contributed by atoms with E-state index in [2.05, 4.69) is 0 Å². The quantitative estimate of drug-likeness (QED) is 0.266. The number of halogens is 7. The fourth-order valence-corrected chi connectivity index (χ4v) is 0.881. The molecule has 1 aromatic rings. The molecule has 1 aromatic carbocycles. The van der Waals surface area contributed by atoms with Gasteiger partial charge in [0.05, 0.1) is 0 Å². The van der Waals surface area contributed by atoms with Gasteiger partial charge in [0.25, 0.3) is 0 Å². The molecule has 0 unspecified atom stereocenters. The van der Waals surface area contributed by atoms with Gasteiger partial charge in [0, 0.05) is 5.02 Å². The van der Waals surface area contributed by atoms with Gasteiger partial charge >= 0.3 is 50.1 Å². The van der Waals surface area contributed by atoms with Crippen molar-refractivity contribution in [1.29, 1.82) is 0 Å². The Labute approximate surface area is 129 Å². The van der Waals surface area contributed by atoms with Crippen LogP contribution in [-0.2, 0) is 17.1 Å². The van der Waals surface area contributed by atoms with E-state index in [0.717, 1.165) is 5.02 Å². The minimum absolute atomic E-state index is 0. The number of hydrogen-bond donors (Lipinski definition) is 0. The van der Waals surface area contributed by atoms with Crippen molar-refractivity contribution < 1.29 is 42.3 Å². The summed E-state index contributed by atoms with van der Waals surface area (Å²) < 4.78 is 59.2. The molecule has 1 aliphatic rings. The van der Waals surface area contributed by atoms with Crippen LogP contribution in [-0.4, -0.2) is 0 Å². The van der Waals surface area contributed by atoms with Gasteiger partial charge in [0.15, 0.2) is 0 Å². The summed E-state index contributed by atoms with van der Waals surface area (Å²) in [5.41, 5.74) is 0. The van der Waals surface area contributed by atoms with E-state index in [-0.39, 0.29) is 17.1 Å². The maximum absolute atomic E-state index is 10.7. The molecule has 0 atom stereocenters. The van der Waals surface area contributed by atoms with E-state index in [4.69, 9.17) is 11.6 Å². The molecule has 0 saturated heterocycles. The second-order valence-electron chi connectivity index (χ2n) is 3.22. The fourth-order valence-electron chi connectivity index (χ4n) is 0.735. The van der Waals surface area contributed by atoms with E-state index >= 15 is 0 Å². The summed E-state index contributed by atoms with van der Waals surface area (Å²) in [5, 5.41) is 0.794. The van der Waals surface area contributed by atoms with Crippen molar-refractivity contribution in [2.75, 3.05) is 0 Å². The zero-order chi connectivity index (χ0) is 15.1. The van der Waals surface area contributed by atoms with Gasteiger partial charge in [-0.1, -0.05) is 29.8 Å². The van der Waals surface area contributed by atoms with Crippen LogP contribution in [0.4, 0.5) is 25.2 Å². The predicted octanol–water partition coefficient (Wildman–Crippen LogP) is 6.74. The molecular formula is C11H10ClF6FeP+. The summed E-state index contributed by atoms with van der Waals surface area (Å²) in [5.74, 6) is 0. The Hall–Kier alpha value is 0.0395. The summed E-state index contributed by atoms with van der Waals surface area (Å²) in [7, 11) is -10.7. The van der Waals surface area contributed by atoms with Crippen LogP contribution in [0, 0.1) is 32.1 Å². The van der Waals surface area contributed by atoms with Gasteiger partial charge in [-0.15, -0.1) is 0 Å². The zero-order valence-electron chi connectivity index (χ0n) is 9.72. The molecule has 20 heavy (non-hydrogen) atoms. The Bertz CT molecular complexity index is 343. The topological polar surface area (TPSA) is 0 Å². The molecule has 0 nitrogen and oxygen atoms in total. The molecule has 2 rings (SSSR count). The smallest absolute Gasteiger partial charge is 0.0312 e. The van der Waals surface area contributed by atoms with Crippen LogP contribution in [0.3, 0.4) is 0 Å². The van der Waals surface area contributed by atoms with Crippen LogP contribution in [0.1, 0.15) is 0 Å². The molecular weight excluding hydrogens is 368 g/mol. The summed E-state index contributed by atoms with van der Waals surface area (Å²) in [6.45, 7) is 0. The normalized spacial score (nSPS) is 17.1. The van der Waals surface area contributed by atoms with Gasteiger partial charge in [0.2, 0.25) is 0 Å². The first kappa shape index (κ1) is 22.3. The van der Waals surface area contributed by atoms with Gasteiger partial charge in [-0.3, -0.25) is 0 Å². The van der Waals surface area contributed by atoms with E-state index in [0.29, 0.717) is 0 Å². The van der Waals surface area contributed by atoms with Crippen LogP contribution >= 0.6 is 19.4 Å². The Morgan fingerprint density at radius 1 is 0.650 bits per heavy atom. The van der Waals surface area contributed by atoms with E-state index in [1.54, 1.807) is 0 Å². The van der Waals surface area contributed by atoms with Crippen molar-refractivity contribution in [3.8, 4) is 0 Å². The molecule has 0 N–H and O–H groups in total. The molecule has 1 saturated carbocycles. The molecule has 0 heterocycles. The second kappa shape index (κ2) is 7.88. The Balaban J connectivity index is 0. The van der Waals surface area contributed by atoms with Crippen LogP contribution in [0.15, 0.2) is 30.3 Å². The molecule has 1 fully saturated rings. The van der Waals surface area contributed by atoms with E-state index < -0.39 is 7.81 Å². The zero-order valence-corrected chi connectivity index (χ0v) is 12.5. The van der Waals surface area contributed by atoms with Gasteiger partial charge < -0.3 is 0 Å². The standard InChI is InChI=1S/C6H5Cl.C5H5.F6P.Fe/c7-6-4-2-1-3-5-6;1-2-4-5-3-1;1-7(2,3,4,5)6;/h1-5H;1-5H;;/q;;-1;+2. The molecule has 9 heteroatoms. The molecule has 0 spiro atoms. The maximum Gasteiger partial charge on any atom is 2.00 e. The van der Waals surface area contributed by atoms with Gasteiger partial charge in [0.1, 0.15) is 0 Å². The van der Waals surface area contributed by atoms with Crippen LogP contribution in [0.5, 0.6) is 0 Å². The van der Waals surface area contributed by atoms with Gasteiger partial charge in [-0.2, -0.15) is 0 Å². The fraction of sp³-hybridized carbons (Fsp3) is 0. The minimum atomic E-state index is -10.7.